The number of aliphatic hydroxyl groups is 3. The largest absolute Gasteiger partial charge is 0.496 e. The number of ether oxygens (including phenoxy) is 3. The highest BCUT2D eigenvalue weighted by Crippen LogP contribution is 2.43. The standard InChI is InChI=1S/C27H29NO9/c1-12-24(31)18(28)8-22(36-12)37-20-10-27(34,21(30)11-29)9-13-6-16-17(7-15(13)20)26(33)23-14(25(16)32)4-3-5-19(23)35-2/h3-7,12,18,20,22,24,29,31,34H,8-11,28H2,1-2H3/t12?,18?,20?,22?,24?,27-/m0/s1. The van der Waals surface area contributed by atoms with Gasteiger partial charge in [0.25, 0.3) is 0 Å². The molecule has 10 nitrogen and oxygen atoms in total. The fraction of sp³-hybridized carbons (Fsp3) is 0.444. The van der Waals surface area contributed by atoms with Crippen LogP contribution in [0.3, 0.4) is 0 Å². The van der Waals surface area contributed by atoms with Crippen molar-refractivity contribution in [1.29, 1.82) is 0 Å². The van der Waals surface area contributed by atoms with E-state index in [1.54, 1.807) is 31.2 Å². The molecule has 2 aromatic rings. The van der Waals surface area contributed by atoms with Crippen molar-refractivity contribution in [3.8, 4) is 5.75 Å². The summed E-state index contributed by atoms with van der Waals surface area (Å²) in [7, 11) is 1.42. The Kier molecular flexibility index (Phi) is 6.51. The Morgan fingerprint density at radius 1 is 1.19 bits per heavy atom. The van der Waals surface area contributed by atoms with Crippen molar-refractivity contribution >= 4 is 17.3 Å². The van der Waals surface area contributed by atoms with Gasteiger partial charge in [-0.2, -0.15) is 0 Å². The lowest BCUT2D eigenvalue weighted by Gasteiger charge is -2.41. The highest BCUT2D eigenvalue weighted by molar-refractivity contribution is 6.29. The van der Waals surface area contributed by atoms with Crippen molar-refractivity contribution in [3.63, 3.8) is 0 Å². The zero-order valence-electron chi connectivity index (χ0n) is 20.5. The van der Waals surface area contributed by atoms with Crippen LogP contribution in [-0.2, 0) is 20.7 Å². The van der Waals surface area contributed by atoms with Gasteiger partial charge >= 0.3 is 0 Å². The van der Waals surface area contributed by atoms with E-state index in [0.29, 0.717) is 11.1 Å². The lowest BCUT2D eigenvalue weighted by atomic mass is 9.73. The highest BCUT2D eigenvalue weighted by Gasteiger charge is 2.46. The molecule has 5 unspecified atom stereocenters. The highest BCUT2D eigenvalue weighted by atomic mass is 16.7. The van der Waals surface area contributed by atoms with E-state index in [0.717, 1.165) is 0 Å². The fourth-order valence-electron chi connectivity index (χ4n) is 5.54. The number of fused-ring (bicyclic) bond motifs is 3. The molecule has 1 saturated heterocycles. The molecule has 0 aromatic heterocycles. The Bertz CT molecular complexity index is 1280. The van der Waals surface area contributed by atoms with E-state index in [-0.39, 0.29) is 58.8 Å². The minimum atomic E-state index is -1.95. The smallest absolute Gasteiger partial charge is 0.198 e. The van der Waals surface area contributed by atoms with Gasteiger partial charge in [0, 0.05) is 42.0 Å². The van der Waals surface area contributed by atoms with E-state index in [4.69, 9.17) is 19.9 Å². The van der Waals surface area contributed by atoms with Crippen LogP contribution in [0.4, 0.5) is 0 Å². The third kappa shape index (κ3) is 4.19. The quantitative estimate of drug-likeness (QED) is 0.381. The molecule has 2 aliphatic carbocycles. The van der Waals surface area contributed by atoms with E-state index in [1.165, 1.54) is 13.2 Å². The molecule has 2 aromatic carbocycles. The van der Waals surface area contributed by atoms with E-state index in [9.17, 15) is 29.7 Å². The number of carbonyl (C=O) groups excluding carboxylic acids is 3. The van der Waals surface area contributed by atoms with Gasteiger partial charge in [-0.05, 0) is 36.2 Å². The minimum Gasteiger partial charge on any atom is -0.496 e. The molecular weight excluding hydrogens is 482 g/mol. The van der Waals surface area contributed by atoms with Crippen molar-refractivity contribution in [1.82, 2.24) is 0 Å². The van der Waals surface area contributed by atoms with Gasteiger partial charge in [0.1, 0.15) is 18.0 Å². The molecule has 1 aliphatic heterocycles. The third-order valence-electron chi connectivity index (χ3n) is 7.57. The Balaban J connectivity index is 1.59. The summed E-state index contributed by atoms with van der Waals surface area (Å²) in [6.07, 6.45) is -3.47. The lowest BCUT2D eigenvalue weighted by molar-refractivity contribution is -0.247. The molecule has 0 radical (unpaired) electrons. The summed E-state index contributed by atoms with van der Waals surface area (Å²) in [5.41, 5.74) is 5.74. The average molecular weight is 512 g/mol. The number of benzene rings is 2. The molecule has 0 saturated carbocycles. The lowest BCUT2D eigenvalue weighted by Crippen LogP contribution is -2.53. The SMILES string of the molecule is COc1cccc2c1C(=O)c1cc3c(cc1C2=O)C[C@@](O)(C(=O)CO)CC3OC1CC(N)C(O)C(C)O1. The summed E-state index contributed by atoms with van der Waals surface area (Å²) in [6, 6.07) is 7.26. The average Bonchev–Trinajstić information content (AvgIpc) is 2.88. The van der Waals surface area contributed by atoms with E-state index < -0.39 is 48.6 Å². The first-order valence-corrected chi connectivity index (χ1v) is 12.1. The van der Waals surface area contributed by atoms with Crippen LogP contribution in [0.2, 0.25) is 0 Å². The van der Waals surface area contributed by atoms with Crippen LogP contribution in [-0.4, -0.2) is 76.5 Å². The van der Waals surface area contributed by atoms with Crippen molar-refractivity contribution in [2.75, 3.05) is 13.7 Å². The molecule has 0 bridgehead atoms. The first kappa shape index (κ1) is 25.7. The normalized spacial score (nSPS) is 30.8. The zero-order valence-corrected chi connectivity index (χ0v) is 20.5. The topological polar surface area (TPSA) is 166 Å². The summed E-state index contributed by atoms with van der Waals surface area (Å²) >= 11 is 0. The Hall–Kier alpha value is -2.99. The molecule has 37 heavy (non-hydrogen) atoms. The number of rotatable bonds is 5. The number of Topliss-reactive ketones (excluding diaryl/α,β-unsaturated/α-hetero) is 1. The first-order valence-electron chi connectivity index (χ1n) is 12.1. The second-order valence-corrected chi connectivity index (χ2v) is 9.92. The Labute approximate surface area is 212 Å². The number of methoxy groups -OCH3 is 1. The van der Waals surface area contributed by atoms with Crippen LogP contribution in [0.25, 0.3) is 0 Å². The predicted octanol–water partition coefficient (Wildman–Crippen LogP) is 0.590. The maximum atomic E-state index is 13.5. The molecule has 196 valence electrons. The van der Waals surface area contributed by atoms with Crippen LogP contribution >= 0.6 is 0 Å². The molecule has 1 fully saturated rings. The van der Waals surface area contributed by atoms with Crippen molar-refractivity contribution in [2.45, 2.75) is 62.4 Å². The Morgan fingerprint density at radius 3 is 2.59 bits per heavy atom. The third-order valence-corrected chi connectivity index (χ3v) is 7.57. The summed E-state index contributed by atoms with van der Waals surface area (Å²) in [5, 5.41) is 30.8. The van der Waals surface area contributed by atoms with Crippen molar-refractivity contribution in [3.05, 3.63) is 63.7 Å². The van der Waals surface area contributed by atoms with Gasteiger partial charge in [-0.3, -0.25) is 14.4 Å². The van der Waals surface area contributed by atoms with Gasteiger partial charge in [0.05, 0.1) is 31.0 Å². The maximum absolute atomic E-state index is 13.5. The molecule has 3 aliphatic rings. The number of nitrogens with two attached hydrogens (primary N) is 1. The van der Waals surface area contributed by atoms with Gasteiger partial charge in [0.2, 0.25) is 0 Å². The molecule has 1 heterocycles. The van der Waals surface area contributed by atoms with Gasteiger partial charge in [0.15, 0.2) is 23.6 Å². The second kappa shape index (κ2) is 9.39. The molecule has 0 amide bonds. The van der Waals surface area contributed by atoms with Crippen LogP contribution in [0.15, 0.2) is 30.3 Å². The molecule has 5 rings (SSSR count). The van der Waals surface area contributed by atoms with Crippen LogP contribution in [0, 0.1) is 0 Å². The van der Waals surface area contributed by atoms with Crippen molar-refractivity contribution in [2.24, 2.45) is 5.73 Å². The van der Waals surface area contributed by atoms with E-state index in [1.807, 2.05) is 0 Å². The van der Waals surface area contributed by atoms with E-state index >= 15 is 0 Å². The van der Waals surface area contributed by atoms with Crippen LogP contribution in [0.1, 0.15) is 68.8 Å². The number of aliphatic hydroxyl groups excluding tert-OH is 2. The number of hydrogen-bond donors (Lipinski definition) is 4. The molecule has 0 spiro atoms. The summed E-state index contributed by atoms with van der Waals surface area (Å²) in [5.74, 6) is -1.27. The van der Waals surface area contributed by atoms with Gasteiger partial charge in [-0.1, -0.05) is 12.1 Å². The number of hydrogen-bond acceptors (Lipinski definition) is 10. The summed E-state index contributed by atoms with van der Waals surface area (Å²) in [4.78, 5) is 39.5. The predicted molar refractivity (Wildman–Crippen MR) is 128 cm³/mol. The second-order valence-electron chi connectivity index (χ2n) is 9.92. The molecule has 5 N–H and O–H groups in total. The number of ketones is 3. The van der Waals surface area contributed by atoms with E-state index in [2.05, 4.69) is 0 Å². The summed E-state index contributed by atoms with van der Waals surface area (Å²) < 4.78 is 17.3. The number of carbonyl (C=O) groups is 3. The molecule has 10 heteroatoms. The van der Waals surface area contributed by atoms with Gasteiger partial charge in [-0.15, -0.1) is 0 Å². The molecule has 6 atom stereocenters. The molecular formula is C27H29NO9. The van der Waals surface area contributed by atoms with Crippen molar-refractivity contribution < 1.29 is 43.9 Å². The monoisotopic (exact) mass is 511 g/mol. The minimum absolute atomic E-state index is 0.150. The van der Waals surface area contributed by atoms with Crippen LogP contribution in [0.5, 0.6) is 5.75 Å². The maximum Gasteiger partial charge on any atom is 0.198 e. The van der Waals surface area contributed by atoms with Crippen LogP contribution < -0.4 is 10.5 Å². The summed E-state index contributed by atoms with van der Waals surface area (Å²) in [6.45, 7) is 0.786. The Morgan fingerprint density at radius 2 is 1.92 bits per heavy atom. The van der Waals surface area contributed by atoms with Gasteiger partial charge in [-0.25, -0.2) is 0 Å². The fourth-order valence-corrected chi connectivity index (χ4v) is 5.54. The zero-order chi connectivity index (χ0) is 26.6. The van der Waals surface area contributed by atoms with Gasteiger partial charge < -0.3 is 35.3 Å². The first-order chi connectivity index (χ1) is 17.6.